The molecule has 0 saturated carbocycles. The van der Waals surface area contributed by atoms with Crippen LogP contribution < -0.4 is 5.32 Å². The molecule has 1 aromatic heterocycles. The maximum Gasteiger partial charge on any atom is 0.153 e. The molecule has 0 fully saturated rings. The summed E-state index contributed by atoms with van der Waals surface area (Å²) >= 11 is 1.68. The second-order valence-electron chi connectivity index (χ2n) is 3.67. The van der Waals surface area contributed by atoms with E-state index in [1.54, 1.807) is 25.2 Å². The van der Waals surface area contributed by atoms with Crippen LogP contribution in [0.2, 0.25) is 0 Å². The van der Waals surface area contributed by atoms with Gasteiger partial charge in [0.1, 0.15) is 0 Å². The minimum atomic E-state index is -2.90. The molecule has 1 aromatic rings. The van der Waals surface area contributed by atoms with Crippen molar-refractivity contribution in [3.05, 3.63) is 22.4 Å². The molecule has 0 saturated heterocycles. The first-order valence-electron chi connectivity index (χ1n) is 4.97. The van der Waals surface area contributed by atoms with Crippen LogP contribution in [0.4, 0.5) is 0 Å². The molecule has 3 nitrogen and oxygen atoms in total. The average Bonchev–Trinajstić information content (AvgIpc) is 2.64. The van der Waals surface area contributed by atoms with Gasteiger partial charge in [0.25, 0.3) is 0 Å². The zero-order valence-corrected chi connectivity index (χ0v) is 10.7. The smallest absolute Gasteiger partial charge is 0.153 e. The second kappa shape index (κ2) is 5.63. The molecule has 0 aliphatic heterocycles. The summed E-state index contributed by atoms with van der Waals surface area (Å²) in [5.74, 6) is 0.218. The van der Waals surface area contributed by atoms with E-state index in [-0.39, 0.29) is 11.0 Å². The molecule has 0 atom stereocenters. The van der Waals surface area contributed by atoms with E-state index in [9.17, 15) is 8.42 Å². The monoisotopic (exact) mass is 247 g/mol. The van der Waals surface area contributed by atoms with Gasteiger partial charge in [0.05, 0.1) is 11.0 Å². The van der Waals surface area contributed by atoms with Gasteiger partial charge < -0.3 is 5.32 Å². The summed E-state index contributed by atoms with van der Waals surface area (Å²) in [4.78, 5) is 1.23. The molecule has 0 aliphatic carbocycles. The lowest BCUT2D eigenvalue weighted by atomic mass is 10.4. The first kappa shape index (κ1) is 12.7. The normalized spacial score (nSPS) is 12.2. The van der Waals surface area contributed by atoms with Crippen LogP contribution in [-0.2, 0) is 16.4 Å². The van der Waals surface area contributed by atoms with Crippen molar-refractivity contribution in [2.45, 2.75) is 25.6 Å². The molecule has 1 rings (SSSR count). The predicted octanol–water partition coefficient (Wildman–Crippen LogP) is 1.66. The molecule has 5 heteroatoms. The third-order valence-electron chi connectivity index (χ3n) is 2.16. The zero-order valence-electron chi connectivity index (χ0n) is 9.06. The summed E-state index contributed by atoms with van der Waals surface area (Å²) in [6, 6.07) is 4.03. The van der Waals surface area contributed by atoms with Gasteiger partial charge in [0.15, 0.2) is 9.84 Å². The predicted molar refractivity (Wildman–Crippen MR) is 64.9 cm³/mol. The topological polar surface area (TPSA) is 46.2 Å². The van der Waals surface area contributed by atoms with Gasteiger partial charge in [-0.1, -0.05) is 6.07 Å². The van der Waals surface area contributed by atoms with Gasteiger partial charge in [0, 0.05) is 18.0 Å². The molecule has 0 amide bonds. The summed E-state index contributed by atoms with van der Waals surface area (Å²) in [7, 11) is -2.90. The van der Waals surface area contributed by atoms with Gasteiger partial charge in [0.2, 0.25) is 0 Å². The van der Waals surface area contributed by atoms with Crippen molar-refractivity contribution >= 4 is 21.2 Å². The van der Waals surface area contributed by atoms with E-state index in [1.165, 1.54) is 4.88 Å². The molecule has 0 aliphatic rings. The first-order valence-corrected chi connectivity index (χ1v) is 7.56. The van der Waals surface area contributed by atoms with Gasteiger partial charge in [-0.2, -0.15) is 0 Å². The number of thiophene rings is 1. The summed E-state index contributed by atoms with van der Waals surface area (Å²) in [6.45, 7) is 4.72. The van der Waals surface area contributed by atoms with E-state index >= 15 is 0 Å². The molecular formula is C10H17NO2S2. The second-order valence-corrected chi connectivity index (χ2v) is 7.38. The lowest BCUT2D eigenvalue weighted by molar-refractivity contribution is 0.582. The Morgan fingerprint density at radius 1 is 1.47 bits per heavy atom. The Balaban J connectivity index is 2.23. The zero-order chi connectivity index (χ0) is 11.3. The van der Waals surface area contributed by atoms with Crippen molar-refractivity contribution in [1.29, 1.82) is 0 Å². The molecule has 0 unspecified atom stereocenters. The third-order valence-corrected chi connectivity index (χ3v) is 5.25. The molecule has 0 aromatic carbocycles. The first-order chi connectivity index (χ1) is 7.02. The summed E-state index contributed by atoms with van der Waals surface area (Å²) in [5, 5.41) is 4.87. The third kappa shape index (κ3) is 4.32. The van der Waals surface area contributed by atoms with Crippen LogP contribution in [-0.4, -0.2) is 26.0 Å². The van der Waals surface area contributed by atoms with Crippen LogP contribution in [0.25, 0.3) is 0 Å². The van der Waals surface area contributed by atoms with E-state index in [0.29, 0.717) is 6.54 Å². The minimum Gasteiger partial charge on any atom is -0.311 e. The Bertz CT molecular complexity index is 368. The Kier molecular flexibility index (Phi) is 4.76. The van der Waals surface area contributed by atoms with Gasteiger partial charge in [-0.15, -0.1) is 11.3 Å². The Labute approximate surface area is 95.4 Å². The van der Waals surface area contributed by atoms with Gasteiger partial charge in [-0.05, 0) is 25.3 Å². The molecule has 1 N–H and O–H groups in total. The Morgan fingerprint density at radius 3 is 2.73 bits per heavy atom. The SMILES string of the molecule is CC(C)S(=O)(=O)CCNCc1cccs1. The fraction of sp³-hybridized carbons (Fsp3) is 0.600. The van der Waals surface area contributed by atoms with Crippen LogP contribution >= 0.6 is 11.3 Å². The maximum atomic E-state index is 11.5. The van der Waals surface area contributed by atoms with Crippen LogP contribution in [0.1, 0.15) is 18.7 Å². The highest BCUT2D eigenvalue weighted by molar-refractivity contribution is 7.92. The highest BCUT2D eigenvalue weighted by atomic mass is 32.2. The van der Waals surface area contributed by atoms with Gasteiger partial charge >= 0.3 is 0 Å². The van der Waals surface area contributed by atoms with Crippen LogP contribution in [0.5, 0.6) is 0 Å². The van der Waals surface area contributed by atoms with Crippen molar-refractivity contribution in [2.75, 3.05) is 12.3 Å². The standard InChI is InChI=1S/C10H17NO2S2/c1-9(2)15(12,13)7-5-11-8-10-4-3-6-14-10/h3-4,6,9,11H,5,7-8H2,1-2H3. The lowest BCUT2D eigenvalue weighted by Crippen LogP contribution is -2.26. The molecule has 86 valence electrons. The van der Waals surface area contributed by atoms with E-state index in [2.05, 4.69) is 5.32 Å². The molecule has 1 heterocycles. The molecule has 0 bridgehead atoms. The van der Waals surface area contributed by atoms with Gasteiger partial charge in [-0.25, -0.2) is 8.42 Å². The molecule has 0 radical (unpaired) electrons. The fourth-order valence-electron chi connectivity index (χ4n) is 1.07. The van der Waals surface area contributed by atoms with Crippen LogP contribution in [0.15, 0.2) is 17.5 Å². The maximum absolute atomic E-state index is 11.5. The van der Waals surface area contributed by atoms with Crippen molar-refractivity contribution in [1.82, 2.24) is 5.32 Å². The minimum absolute atomic E-state index is 0.218. The number of rotatable bonds is 6. The van der Waals surface area contributed by atoms with Crippen LogP contribution in [0.3, 0.4) is 0 Å². The summed E-state index contributed by atoms with van der Waals surface area (Å²) in [6.07, 6.45) is 0. The van der Waals surface area contributed by atoms with E-state index < -0.39 is 9.84 Å². The quantitative estimate of drug-likeness (QED) is 0.778. The average molecular weight is 247 g/mol. The molecular weight excluding hydrogens is 230 g/mol. The van der Waals surface area contributed by atoms with Crippen molar-refractivity contribution in [3.8, 4) is 0 Å². The number of nitrogens with one attached hydrogen (secondary N) is 1. The molecule has 0 spiro atoms. The van der Waals surface area contributed by atoms with E-state index in [0.717, 1.165) is 6.54 Å². The van der Waals surface area contributed by atoms with Crippen molar-refractivity contribution in [2.24, 2.45) is 0 Å². The van der Waals surface area contributed by atoms with Crippen molar-refractivity contribution in [3.63, 3.8) is 0 Å². The van der Waals surface area contributed by atoms with E-state index in [1.807, 2.05) is 17.5 Å². The van der Waals surface area contributed by atoms with Crippen molar-refractivity contribution < 1.29 is 8.42 Å². The Hall–Kier alpha value is -0.390. The van der Waals surface area contributed by atoms with E-state index in [4.69, 9.17) is 0 Å². The number of hydrogen-bond acceptors (Lipinski definition) is 4. The Morgan fingerprint density at radius 2 is 2.20 bits per heavy atom. The number of hydrogen-bond donors (Lipinski definition) is 1. The fourth-order valence-corrected chi connectivity index (χ4v) is 2.65. The largest absolute Gasteiger partial charge is 0.311 e. The van der Waals surface area contributed by atoms with Crippen LogP contribution in [0, 0.1) is 0 Å². The summed E-state index contributed by atoms with van der Waals surface area (Å²) in [5.41, 5.74) is 0. The lowest BCUT2D eigenvalue weighted by Gasteiger charge is -2.07. The summed E-state index contributed by atoms with van der Waals surface area (Å²) < 4.78 is 22.9. The number of sulfone groups is 1. The highest BCUT2D eigenvalue weighted by Crippen LogP contribution is 2.07. The molecule has 15 heavy (non-hydrogen) atoms. The highest BCUT2D eigenvalue weighted by Gasteiger charge is 2.14. The van der Waals surface area contributed by atoms with Gasteiger partial charge in [-0.3, -0.25) is 0 Å².